The Morgan fingerprint density at radius 2 is 1.90 bits per heavy atom. The second-order valence-corrected chi connectivity index (χ2v) is 9.00. The van der Waals surface area contributed by atoms with Crippen LogP contribution in [-0.2, 0) is 19.6 Å². The highest BCUT2D eigenvalue weighted by atomic mass is 32.2. The van der Waals surface area contributed by atoms with E-state index in [1.807, 2.05) is 37.3 Å². The molecule has 0 unspecified atom stereocenters. The average Bonchev–Trinajstić information content (AvgIpc) is 2.75. The van der Waals surface area contributed by atoms with Crippen LogP contribution in [0.2, 0.25) is 0 Å². The number of aliphatic hydroxyl groups excluding tert-OH is 1. The molecule has 166 valence electrons. The van der Waals surface area contributed by atoms with Crippen molar-refractivity contribution in [2.75, 3.05) is 6.61 Å². The molecule has 3 rings (SSSR count). The Morgan fingerprint density at radius 3 is 2.58 bits per heavy atom. The van der Waals surface area contributed by atoms with Crippen molar-refractivity contribution in [3.05, 3.63) is 78.1 Å². The molecule has 0 radical (unpaired) electrons. The van der Waals surface area contributed by atoms with Gasteiger partial charge in [-0.1, -0.05) is 48.6 Å². The summed E-state index contributed by atoms with van der Waals surface area (Å²) in [7, 11) is -4.02. The topological polar surface area (TPSA) is 105 Å². The molecule has 3 N–H and O–H groups in total. The van der Waals surface area contributed by atoms with Gasteiger partial charge in [0.15, 0.2) is 0 Å². The van der Waals surface area contributed by atoms with Crippen LogP contribution in [0.25, 0.3) is 0 Å². The fourth-order valence-corrected chi connectivity index (χ4v) is 4.55. The highest BCUT2D eigenvalue weighted by molar-refractivity contribution is 7.89. The van der Waals surface area contributed by atoms with E-state index in [-0.39, 0.29) is 23.3 Å². The first-order chi connectivity index (χ1) is 14.8. The molecule has 1 aliphatic heterocycles. The summed E-state index contributed by atoms with van der Waals surface area (Å²) < 4.78 is 46.5. The third-order valence-corrected chi connectivity index (χ3v) is 6.38. The Balaban J connectivity index is 1.61. The van der Waals surface area contributed by atoms with E-state index in [2.05, 4.69) is 10.0 Å². The van der Waals surface area contributed by atoms with Crippen molar-refractivity contribution in [3.8, 4) is 0 Å². The van der Waals surface area contributed by atoms with Crippen LogP contribution in [0.1, 0.15) is 24.9 Å². The maximum absolute atomic E-state index is 13.4. The number of nitrogens with one attached hydrogen (secondary N) is 2. The van der Waals surface area contributed by atoms with Crippen molar-refractivity contribution >= 4 is 15.9 Å². The first-order valence-corrected chi connectivity index (χ1v) is 11.3. The molecule has 7 nitrogen and oxygen atoms in total. The minimum atomic E-state index is -4.02. The summed E-state index contributed by atoms with van der Waals surface area (Å²) in [6, 6.07) is 13.1. The van der Waals surface area contributed by atoms with Crippen molar-refractivity contribution in [1.82, 2.24) is 10.0 Å². The monoisotopic (exact) mass is 448 g/mol. The molecule has 0 spiro atoms. The molecule has 0 saturated carbocycles. The number of rotatable bonds is 8. The molecule has 2 aromatic rings. The van der Waals surface area contributed by atoms with Gasteiger partial charge in [-0.15, -0.1) is 0 Å². The van der Waals surface area contributed by atoms with E-state index in [1.54, 1.807) is 12.2 Å². The standard InChI is InChI=1S/C22H25FN2O5S/c1-15(16-6-3-2-4-7-16)24-22(27)13-18-10-11-20(21(14-26)30-18)25-31(28,29)19-9-5-8-17(23)12-19/h2-12,15,18,20-21,25-26H,13-14H2,1H3,(H,24,27)/t15-,18+,20-,21-/m1/s1. The van der Waals surface area contributed by atoms with Gasteiger partial charge in [0.25, 0.3) is 0 Å². The minimum absolute atomic E-state index is 0.0214. The molecule has 1 heterocycles. The molecule has 4 atom stereocenters. The zero-order valence-electron chi connectivity index (χ0n) is 16.9. The van der Waals surface area contributed by atoms with Crippen LogP contribution < -0.4 is 10.0 Å². The van der Waals surface area contributed by atoms with E-state index in [0.29, 0.717) is 0 Å². The second-order valence-electron chi connectivity index (χ2n) is 7.29. The summed E-state index contributed by atoms with van der Waals surface area (Å²) in [4.78, 5) is 12.2. The number of carbonyl (C=O) groups excluding carboxylic acids is 1. The third-order valence-electron chi connectivity index (χ3n) is 4.92. The van der Waals surface area contributed by atoms with Gasteiger partial charge >= 0.3 is 0 Å². The largest absolute Gasteiger partial charge is 0.394 e. The summed E-state index contributed by atoms with van der Waals surface area (Å²) in [5, 5.41) is 12.6. The lowest BCUT2D eigenvalue weighted by atomic mass is 10.0. The quantitative estimate of drug-likeness (QED) is 0.536. The fourth-order valence-electron chi connectivity index (χ4n) is 3.30. The smallest absolute Gasteiger partial charge is 0.241 e. The average molecular weight is 449 g/mol. The fraction of sp³-hybridized carbons (Fsp3) is 0.318. The normalized spacial score (nSPS) is 22.1. The molecular weight excluding hydrogens is 423 g/mol. The van der Waals surface area contributed by atoms with E-state index in [1.165, 1.54) is 12.1 Å². The van der Waals surface area contributed by atoms with Crippen LogP contribution in [0.3, 0.4) is 0 Å². The van der Waals surface area contributed by atoms with Crippen molar-refractivity contribution in [1.29, 1.82) is 0 Å². The Morgan fingerprint density at radius 1 is 1.16 bits per heavy atom. The molecule has 0 fully saturated rings. The zero-order valence-corrected chi connectivity index (χ0v) is 17.8. The summed E-state index contributed by atoms with van der Waals surface area (Å²) >= 11 is 0. The van der Waals surface area contributed by atoms with E-state index in [4.69, 9.17) is 4.74 Å². The number of hydrogen-bond acceptors (Lipinski definition) is 5. The lowest BCUT2D eigenvalue weighted by Crippen LogP contribution is -2.49. The van der Waals surface area contributed by atoms with E-state index in [0.717, 1.165) is 17.7 Å². The van der Waals surface area contributed by atoms with Gasteiger partial charge in [-0.3, -0.25) is 4.79 Å². The SMILES string of the molecule is C[C@@H](NC(=O)C[C@@H]1C=C[C@@H](NS(=O)(=O)c2cccc(F)c2)[C@@H](CO)O1)c1ccccc1. The number of hydrogen-bond donors (Lipinski definition) is 3. The predicted octanol–water partition coefficient (Wildman–Crippen LogP) is 2.06. The first-order valence-electron chi connectivity index (χ1n) is 9.85. The Bertz CT molecular complexity index is 1030. The van der Waals surface area contributed by atoms with Crippen LogP contribution in [0, 0.1) is 5.82 Å². The molecule has 9 heteroatoms. The molecule has 1 amide bonds. The predicted molar refractivity (Wildman–Crippen MR) is 113 cm³/mol. The van der Waals surface area contributed by atoms with Gasteiger partial charge in [-0.2, -0.15) is 0 Å². The van der Waals surface area contributed by atoms with Crippen molar-refractivity contribution in [3.63, 3.8) is 0 Å². The van der Waals surface area contributed by atoms with Gasteiger partial charge in [-0.05, 0) is 30.7 Å². The van der Waals surface area contributed by atoms with Crippen LogP contribution in [-0.4, -0.2) is 44.3 Å². The highest BCUT2D eigenvalue weighted by Gasteiger charge is 2.31. The Labute approximate surface area is 181 Å². The highest BCUT2D eigenvalue weighted by Crippen LogP contribution is 2.19. The van der Waals surface area contributed by atoms with Gasteiger partial charge < -0.3 is 15.2 Å². The van der Waals surface area contributed by atoms with Crippen molar-refractivity contribution < 1.29 is 27.4 Å². The molecule has 0 bridgehead atoms. The number of carbonyl (C=O) groups is 1. The Hall–Kier alpha value is -2.59. The van der Waals surface area contributed by atoms with Gasteiger partial charge in [0.1, 0.15) is 11.9 Å². The minimum Gasteiger partial charge on any atom is -0.394 e. The lowest BCUT2D eigenvalue weighted by Gasteiger charge is -2.31. The summed E-state index contributed by atoms with van der Waals surface area (Å²) in [6.45, 7) is 1.41. The molecular formula is C22H25FN2O5S. The van der Waals surface area contributed by atoms with Gasteiger partial charge in [0.2, 0.25) is 15.9 Å². The second kappa shape index (κ2) is 10.1. The Kier molecular flexibility index (Phi) is 7.55. The number of sulfonamides is 1. The van der Waals surface area contributed by atoms with Crippen LogP contribution >= 0.6 is 0 Å². The van der Waals surface area contributed by atoms with Crippen LogP contribution in [0.4, 0.5) is 4.39 Å². The van der Waals surface area contributed by atoms with E-state index < -0.39 is 40.7 Å². The van der Waals surface area contributed by atoms with Gasteiger partial charge in [-0.25, -0.2) is 17.5 Å². The van der Waals surface area contributed by atoms with E-state index >= 15 is 0 Å². The summed E-state index contributed by atoms with van der Waals surface area (Å²) in [5.74, 6) is -0.908. The molecule has 0 saturated heterocycles. The number of benzene rings is 2. The van der Waals surface area contributed by atoms with Gasteiger partial charge in [0, 0.05) is 0 Å². The van der Waals surface area contributed by atoms with Crippen molar-refractivity contribution in [2.45, 2.75) is 42.5 Å². The first kappa shape index (κ1) is 23.1. The molecule has 2 aromatic carbocycles. The maximum atomic E-state index is 13.4. The van der Waals surface area contributed by atoms with Crippen molar-refractivity contribution in [2.24, 2.45) is 0 Å². The third kappa shape index (κ3) is 6.20. The number of aliphatic hydroxyl groups is 1. The zero-order chi connectivity index (χ0) is 22.4. The van der Waals surface area contributed by atoms with Gasteiger partial charge in [0.05, 0.1) is 36.1 Å². The molecule has 0 aromatic heterocycles. The maximum Gasteiger partial charge on any atom is 0.241 e. The lowest BCUT2D eigenvalue weighted by molar-refractivity contribution is -0.125. The number of halogens is 1. The molecule has 0 aliphatic carbocycles. The summed E-state index contributed by atoms with van der Waals surface area (Å²) in [5.41, 5.74) is 0.969. The molecule has 31 heavy (non-hydrogen) atoms. The number of ether oxygens (including phenoxy) is 1. The number of amides is 1. The molecule has 1 aliphatic rings. The van der Waals surface area contributed by atoms with E-state index in [9.17, 15) is 22.7 Å². The van der Waals surface area contributed by atoms with Crippen LogP contribution in [0.15, 0.2) is 71.6 Å². The summed E-state index contributed by atoms with van der Waals surface area (Å²) in [6.07, 6.45) is 1.64. The van der Waals surface area contributed by atoms with Crippen LogP contribution in [0.5, 0.6) is 0 Å².